The molecule has 24 heavy (non-hydrogen) atoms. The van der Waals surface area contributed by atoms with Crippen molar-refractivity contribution in [3.63, 3.8) is 0 Å². The van der Waals surface area contributed by atoms with E-state index in [9.17, 15) is 4.79 Å². The van der Waals surface area contributed by atoms with Crippen LogP contribution in [0.25, 0.3) is 0 Å². The van der Waals surface area contributed by atoms with Gasteiger partial charge in [0.05, 0.1) is 0 Å². The van der Waals surface area contributed by atoms with Crippen molar-refractivity contribution in [2.45, 2.75) is 64.3 Å². The van der Waals surface area contributed by atoms with Gasteiger partial charge in [-0.05, 0) is 19.3 Å². The van der Waals surface area contributed by atoms with Crippen LogP contribution in [0.5, 0.6) is 0 Å². The van der Waals surface area contributed by atoms with Gasteiger partial charge in [0.15, 0.2) is 11.0 Å². The number of aromatic nitrogens is 3. The Kier molecular flexibility index (Phi) is 5.13. The summed E-state index contributed by atoms with van der Waals surface area (Å²) >= 11 is 1.51. The summed E-state index contributed by atoms with van der Waals surface area (Å²) in [6, 6.07) is -0.267. The second-order valence-corrected chi connectivity index (χ2v) is 7.23. The number of hydrogen-bond acceptors (Lipinski definition) is 6. The Morgan fingerprint density at radius 1 is 1.38 bits per heavy atom. The third-order valence-corrected chi connectivity index (χ3v) is 5.25. The Labute approximate surface area is 145 Å². The van der Waals surface area contributed by atoms with Gasteiger partial charge in [-0.2, -0.15) is 4.98 Å². The second kappa shape index (κ2) is 7.29. The number of carbonyl (C=O) groups excluding carboxylic acids is 1. The first-order chi connectivity index (χ1) is 11.6. The molecule has 0 spiro atoms. The SMILES string of the molecule is CCCc1cnc(NC(=O)NC2(c3noc(CC)n3)CCCC2)s1. The van der Waals surface area contributed by atoms with Crippen molar-refractivity contribution in [3.8, 4) is 0 Å². The lowest BCUT2D eigenvalue weighted by Gasteiger charge is -2.26. The number of amides is 2. The first kappa shape index (κ1) is 16.9. The van der Waals surface area contributed by atoms with E-state index < -0.39 is 5.54 Å². The van der Waals surface area contributed by atoms with Crippen LogP contribution in [0, 0.1) is 0 Å². The van der Waals surface area contributed by atoms with E-state index >= 15 is 0 Å². The quantitative estimate of drug-likeness (QED) is 0.830. The molecule has 0 bridgehead atoms. The number of thiazole rings is 1. The molecule has 0 saturated heterocycles. The minimum absolute atomic E-state index is 0.267. The molecule has 0 radical (unpaired) electrons. The minimum Gasteiger partial charge on any atom is -0.339 e. The molecule has 130 valence electrons. The fraction of sp³-hybridized carbons (Fsp3) is 0.625. The zero-order valence-corrected chi connectivity index (χ0v) is 14.9. The fourth-order valence-electron chi connectivity index (χ4n) is 3.05. The number of nitrogens with one attached hydrogen (secondary N) is 2. The molecule has 2 aromatic heterocycles. The molecule has 2 heterocycles. The van der Waals surface area contributed by atoms with Crippen molar-refractivity contribution < 1.29 is 9.32 Å². The smallest absolute Gasteiger partial charge is 0.321 e. The summed E-state index contributed by atoms with van der Waals surface area (Å²) in [7, 11) is 0. The highest BCUT2D eigenvalue weighted by Crippen LogP contribution is 2.37. The lowest BCUT2D eigenvalue weighted by atomic mass is 9.97. The van der Waals surface area contributed by atoms with Crippen LogP contribution in [0.15, 0.2) is 10.7 Å². The van der Waals surface area contributed by atoms with E-state index in [0.717, 1.165) is 38.5 Å². The normalized spacial score (nSPS) is 16.2. The topological polar surface area (TPSA) is 92.9 Å². The lowest BCUT2D eigenvalue weighted by molar-refractivity contribution is 0.232. The highest BCUT2D eigenvalue weighted by atomic mass is 32.1. The summed E-state index contributed by atoms with van der Waals surface area (Å²) < 4.78 is 5.24. The van der Waals surface area contributed by atoms with Gasteiger partial charge in [-0.25, -0.2) is 9.78 Å². The second-order valence-electron chi connectivity index (χ2n) is 6.12. The molecule has 7 nitrogen and oxygen atoms in total. The molecule has 3 rings (SSSR count). The zero-order valence-electron chi connectivity index (χ0n) is 14.1. The van der Waals surface area contributed by atoms with Gasteiger partial charge in [0.2, 0.25) is 5.89 Å². The standard InChI is InChI=1S/C16H23N5O2S/c1-3-7-11-10-17-15(24-11)19-14(22)20-16(8-5-6-9-16)13-18-12(4-2)23-21-13/h10H,3-9H2,1-2H3,(H2,17,19,20,22). The molecule has 0 aliphatic heterocycles. The van der Waals surface area contributed by atoms with E-state index in [1.807, 2.05) is 13.1 Å². The van der Waals surface area contributed by atoms with Crippen LogP contribution in [0.4, 0.5) is 9.93 Å². The molecule has 0 atom stereocenters. The molecule has 1 aliphatic rings. The average Bonchev–Trinajstić information content (AvgIpc) is 3.28. The van der Waals surface area contributed by atoms with Gasteiger partial charge < -0.3 is 9.84 Å². The summed E-state index contributed by atoms with van der Waals surface area (Å²) in [5.74, 6) is 1.18. The monoisotopic (exact) mass is 349 g/mol. The van der Waals surface area contributed by atoms with E-state index in [2.05, 4.69) is 32.7 Å². The number of anilines is 1. The summed E-state index contributed by atoms with van der Waals surface area (Å²) in [6.07, 6.45) is 8.27. The van der Waals surface area contributed by atoms with Crippen LogP contribution in [0.2, 0.25) is 0 Å². The van der Waals surface area contributed by atoms with Gasteiger partial charge in [-0.15, -0.1) is 11.3 Å². The number of nitrogens with zero attached hydrogens (tertiary/aromatic N) is 3. The van der Waals surface area contributed by atoms with Crippen molar-refractivity contribution in [2.24, 2.45) is 0 Å². The zero-order chi connectivity index (χ0) is 17.0. The third kappa shape index (κ3) is 3.58. The third-order valence-electron chi connectivity index (χ3n) is 4.28. The maximum Gasteiger partial charge on any atom is 0.321 e. The number of rotatable bonds is 6. The van der Waals surface area contributed by atoms with Crippen LogP contribution in [-0.4, -0.2) is 21.2 Å². The van der Waals surface area contributed by atoms with E-state index in [0.29, 0.717) is 23.3 Å². The Morgan fingerprint density at radius 2 is 2.17 bits per heavy atom. The molecular formula is C16H23N5O2S. The molecule has 1 aliphatic carbocycles. The largest absolute Gasteiger partial charge is 0.339 e. The van der Waals surface area contributed by atoms with Crippen molar-refractivity contribution >= 4 is 22.5 Å². The molecule has 0 unspecified atom stereocenters. The number of carbonyl (C=O) groups is 1. The van der Waals surface area contributed by atoms with E-state index in [1.165, 1.54) is 16.2 Å². The van der Waals surface area contributed by atoms with E-state index in [1.54, 1.807) is 0 Å². The van der Waals surface area contributed by atoms with Crippen molar-refractivity contribution in [1.29, 1.82) is 0 Å². The van der Waals surface area contributed by atoms with Gasteiger partial charge in [0, 0.05) is 17.5 Å². The molecule has 0 aromatic carbocycles. The fourth-order valence-corrected chi connectivity index (χ4v) is 3.96. The molecule has 1 saturated carbocycles. The number of hydrogen-bond donors (Lipinski definition) is 2. The van der Waals surface area contributed by atoms with Gasteiger partial charge in [0.1, 0.15) is 5.54 Å². The summed E-state index contributed by atoms with van der Waals surface area (Å²) in [6.45, 7) is 4.09. The highest BCUT2D eigenvalue weighted by Gasteiger charge is 2.41. The van der Waals surface area contributed by atoms with Crippen LogP contribution < -0.4 is 10.6 Å². The maximum atomic E-state index is 12.4. The summed E-state index contributed by atoms with van der Waals surface area (Å²) in [5.41, 5.74) is -0.537. The van der Waals surface area contributed by atoms with E-state index in [4.69, 9.17) is 4.52 Å². The van der Waals surface area contributed by atoms with Gasteiger partial charge >= 0.3 is 6.03 Å². The van der Waals surface area contributed by atoms with Crippen LogP contribution in [0.3, 0.4) is 0 Å². The van der Waals surface area contributed by atoms with Gasteiger partial charge in [-0.3, -0.25) is 5.32 Å². The predicted molar refractivity (Wildman–Crippen MR) is 92.1 cm³/mol. The Morgan fingerprint density at radius 3 is 2.83 bits per heavy atom. The van der Waals surface area contributed by atoms with Crippen LogP contribution in [-0.2, 0) is 18.4 Å². The first-order valence-electron chi connectivity index (χ1n) is 8.52. The molecule has 1 fully saturated rings. The number of aryl methyl sites for hydroxylation is 2. The van der Waals surface area contributed by atoms with E-state index in [-0.39, 0.29) is 6.03 Å². The lowest BCUT2D eigenvalue weighted by Crippen LogP contribution is -2.46. The van der Waals surface area contributed by atoms with Crippen molar-refractivity contribution in [1.82, 2.24) is 20.4 Å². The molecule has 8 heteroatoms. The van der Waals surface area contributed by atoms with Gasteiger partial charge in [0.25, 0.3) is 0 Å². The molecular weight excluding hydrogens is 326 g/mol. The summed E-state index contributed by atoms with van der Waals surface area (Å²) in [4.78, 5) is 22.3. The first-order valence-corrected chi connectivity index (χ1v) is 9.34. The maximum absolute atomic E-state index is 12.4. The molecule has 2 aromatic rings. The van der Waals surface area contributed by atoms with Crippen LogP contribution in [0.1, 0.15) is 62.5 Å². The highest BCUT2D eigenvalue weighted by molar-refractivity contribution is 7.15. The van der Waals surface area contributed by atoms with Crippen molar-refractivity contribution in [3.05, 3.63) is 22.8 Å². The molecule has 2 N–H and O–H groups in total. The molecule has 2 amide bonds. The minimum atomic E-state index is -0.537. The Bertz CT molecular complexity index is 690. The van der Waals surface area contributed by atoms with Crippen molar-refractivity contribution in [2.75, 3.05) is 5.32 Å². The Balaban J connectivity index is 1.69. The van der Waals surface area contributed by atoms with Crippen LogP contribution >= 0.6 is 11.3 Å². The summed E-state index contributed by atoms with van der Waals surface area (Å²) in [5, 5.41) is 10.6. The predicted octanol–water partition coefficient (Wildman–Crippen LogP) is 3.63. The Hall–Kier alpha value is -1.96. The van der Waals surface area contributed by atoms with Gasteiger partial charge in [-0.1, -0.05) is 38.3 Å². The number of urea groups is 1. The average molecular weight is 349 g/mol.